The Bertz CT molecular complexity index is 794. The van der Waals surface area contributed by atoms with Crippen molar-refractivity contribution in [2.75, 3.05) is 32.0 Å². The molecule has 2 N–H and O–H groups in total. The quantitative estimate of drug-likeness (QED) is 0.676. The average Bonchev–Trinajstić information content (AvgIpc) is 3.26. The standard InChI is InChI=1S/C22H30F3N3O3/c1-27(18-6-2-3-7-19(18)28-10-4-5-11-28)20(29)12-15-8-9-16(22(23,24)25)13-17(15)26-14-21(30)31/h8-9,13,18-19,26H,2-7,10-12,14H2,1H3,(H,30,31)/t18-,19-/m0/s1. The molecular formula is C22H30F3N3O3. The number of anilines is 1. The van der Waals surface area contributed by atoms with E-state index in [1.807, 2.05) is 0 Å². The number of hydrogen-bond acceptors (Lipinski definition) is 4. The molecule has 2 fully saturated rings. The Morgan fingerprint density at radius 1 is 1.16 bits per heavy atom. The molecule has 3 rings (SSSR count). The summed E-state index contributed by atoms with van der Waals surface area (Å²) in [5, 5.41) is 11.4. The molecule has 0 aromatic heterocycles. The van der Waals surface area contributed by atoms with E-state index >= 15 is 0 Å². The van der Waals surface area contributed by atoms with Gasteiger partial charge in [-0.1, -0.05) is 18.9 Å². The minimum Gasteiger partial charge on any atom is -0.480 e. The molecule has 6 nitrogen and oxygen atoms in total. The predicted molar refractivity (Wildman–Crippen MR) is 111 cm³/mol. The summed E-state index contributed by atoms with van der Waals surface area (Å²) in [5.74, 6) is -1.36. The molecule has 1 amide bonds. The van der Waals surface area contributed by atoms with E-state index in [0.717, 1.165) is 50.9 Å². The zero-order valence-corrected chi connectivity index (χ0v) is 17.7. The largest absolute Gasteiger partial charge is 0.480 e. The van der Waals surface area contributed by atoms with E-state index in [1.165, 1.54) is 18.9 Å². The number of likely N-dealkylation sites (tertiary alicyclic amines) is 1. The number of aliphatic carboxylic acids is 1. The van der Waals surface area contributed by atoms with E-state index in [1.54, 1.807) is 11.9 Å². The summed E-state index contributed by atoms with van der Waals surface area (Å²) in [5.41, 5.74) is -0.496. The smallest absolute Gasteiger partial charge is 0.416 e. The van der Waals surface area contributed by atoms with Gasteiger partial charge in [-0.15, -0.1) is 0 Å². The van der Waals surface area contributed by atoms with E-state index in [4.69, 9.17) is 5.11 Å². The number of alkyl halides is 3. The summed E-state index contributed by atoms with van der Waals surface area (Å²) in [4.78, 5) is 28.2. The van der Waals surface area contributed by atoms with Gasteiger partial charge in [-0.2, -0.15) is 13.2 Å². The highest BCUT2D eigenvalue weighted by Gasteiger charge is 2.36. The van der Waals surface area contributed by atoms with Crippen molar-refractivity contribution in [2.24, 2.45) is 0 Å². The Labute approximate surface area is 180 Å². The van der Waals surface area contributed by atoms with Crippen LogP contribution >= 0.6 is 0 Å². The molecule has 0 unspecified atom stereocenters. The summed E-state index contributed by atoms with van der Waals surface area (Å²) >= 11 is 0. The van der Waals surface area contributed by atoms with Crippen molar-refractivity contribution in [2.45, 2.75) is 63.2 Å². The fraction of sp³-hybridized carbons (Fsp3) is 0.636. The number of halogens is 3. The Morgan fingerprint density at radius 3 is 2.48 bits per heavy atom. The monoisotopic (exact) mass is 441 g/mol. The van der Waals surface area contributed by atoms with E-state index < -0.39 is 24.3 Å². The van der Waals surface area contributed by atoms with Crippen molar-refractivity contribution in [3.8, 4) is 0 Å². The molecule has 0 radical (unpaired) electrons. The average molecular weight is 441 g/mol. The fourth-order valence-electron chi connectivity index (χ4n) is 4.76. The molecule has 172 valence electrons. The van der Waals surface area contributed by atoms with Gasteiger partial charge in [-0.25, -0.2) is 0 Å². The summed E-state index contributed by atoms with van der Waals surface area (Å²) < 4.78 is 39.3. The van der Waals surface area contributed by atoms with Crippen LogP contribution in [0.3, 0.4) is 0 Å². The number of carbonyl (C=O) groups excluding carboxylic acids is 1. The van der Waals surface area contributed by atoms with Gasteiger partial charge in [0.25, 0.3) is 0 Å². The number of carboxylic acids is 1. The lowest BCUT2D eigenvalue weighted by atomic mass is 9.88. The van der Waals surface area contributed by atoms with Gasteiger partial charge in [0, 0.05) is 24.8 Å². The maximum atomic E-state index is 13.1. The van der Waals surface area contributed by atoms with Crippen LogP contribution in [0.1, 0.15) is 49.7 Å². The second kappa shape index (κ2) is 9.89. The summed E-state index contributed by atoms with van der Waals surface area (Å²) in [6.07, 6.45) is 1.87. The third kappa shape index (κ3) is 5.90. The number of nitrogens with one attached hydrogen (secondary N) is 1. The number of amides is 1. The first kappa shape index (κ1) is 23.4. The maximum Gasteiger partial charge on any atom is 0.416 e. The molecule has 1 saturated heterocycles. The molecule has 0 bridgehead atoms. The van der Waals surface area contributed by atoms with Gasteiger partial charge in [-0.3, -0.25) is 14.5 Å². The first-order chi connectivity index (χ1) is 14.7. The molecule has 1 saturated carbocycles. The Hall–Kier alpha value is -2.29. The third-order valence-corrected chi connectivity index (χ3v) is 6.40. The maximum absolute atomic E-state index is 13.1. The first-order valence-corrected chi connectivity index (χ1v) is 10.8. The highest BCUT2D eigenvalue weighted by atomic mass is 19.4. The van der Waals surface area contributed by atoms with E-state index in [9.17, 15) is 22.8 Å². The van der Waals surface area contributed by atoms with Crippen molar-refractivity contribution in [1.82, 2.24) is 9.80 Å². The van der Waals surface area contributed by atoms with Crippen molar-refractivity contribution in [3.63, 3.8) is 0 Å². The molecule has 1 aromatic carbocycles. The third-order valence-electron chi connectivity index (χ3n) is 6.40. The molecule has 31 heavy (non-hydrogen) atoms. The highest BCUT2D eigenvalue weighted by Crippen LogP contribution is 2.33. The minimum absolute atomic E-state index is 0.0266. The fourth-order valence-corrected chi connectivity index (χ4v) is 4.76. The summed E-state index contributed by atoms with van der Waals surface area (Å²) in [7, 11) is 1.77. The van der Waals surface area contributed by atoms with Crippen LogP contribution in [0.4, 0.5) is 18.9 Å². The number of carbonyl (C=O) groups is 2. The number of carboxylic acid groups (broad SMARTS) is 1. The number of benzene rings is 1. The number of rotatable bonds is 7. The Kier molecular flexibility index (Phi) is 7.46. The van der Waals surface area contributed by atoms with Gasteiger partial charge in [0.1, 0.15) is 6.54 Å². The van der Waals surface area contributed by atoms with E-state index in [-0.39, 0.29) is 24.1 Å². The predicted octanol–water partition coefficient (Wildman–Crippen LogP) is 3.61. The molecule has 0 spiro atoms. The van der Waals surface area contributed by atoms with Crippen LogP contribution in [0.15, 0.2) is 18.2 Å². The highest BCUT2D eigenvalue weighted by molar-refractivity contribution is 5.81. The lowest BCUT2D eigenvalue weighted by Gasteiger charge is -2.42. The van der Waals surface area contributed by atoms with Crippen molar-refractivity contribution >= 4 is 17.6 Å². The van der Waals surface area contributed by atoms with Crippen LogP contribution < -0.4 is 5.32 Å². The first-order valence-electron chi connectivity index (χ1n) is 10.8. The molecule has 2 atom stereocenters. The number of hydrogen-bond donors (Lipinski definition) is 2. The molecular weight excluding hydrogens is 411 g/mol. The van der Waals surface area contributed by atoms with Crippen LogP contribution in [0, 0.1) is 0 Å². The van der Waals surface area contributed by atoms with Crippen LogP contribution in [0.5, 0.6) is 0 Å². The van der Waals surface area contributed by atoms with Gasteiger partial charge in [0.15, 0.2) is 0 Å². The SMILES string of the molecule is CN(C(=O)Cc1ccc(C(F)(F)F)cc1NCC(=O)O)[C@H]1CCCC[C@@H]1N1CCCC1. The van der Waals surface area contributed by atoms with E-state index in [0.29, 0.717) is 11.6 Å². The minimum atomic E-state index is -4.55. The lowest BCUT2D eigenvalue weighted by Crippen LogP contribution is -2.53. The van der Waals surface area contributed by atoms with Crippen LogP contribution in [0.2, 0.25) is 0 Å². The second-order valence-corrected chi connectivity index (χ2v) is 8.46. The van der Waals surface area contributed by atoms with E-state index in [2.05, 4.69) is 10.2 Å². The van der Waals surface area contributed by atoms with Gasteiger partial charge < -0.3 is 15.3 Å². The Balaban J connectivity index is 1.76. The summed E-state index contributed by atoms with van der Waals surface area (Å²) in [6, 6.07) is 3.48. The van der Waals surface area contributed by atoms with Crippen LogP contribution in [0.25, 0.3) is 0 Å². The molecule has 1 heterocycles. The molecule has 9 heteroatoms. The van der Waals surface area contributed by atoms with Gasteiger partial charge in [0.2, 0.25) is 5.91 Å². The topological polar surface area (TPSA) is 72.9 Å². The second-order valence-electron chi connectivity index (χ2n) is 8.46. The molecule has 1 aromatic rings. The van der Waals surface area contributed by atoms with Crippen LogP contribution in [-0.2, 0) is 22.2 Å². The van der Waals surface area contributed by atoms with Crippen LogP contribution in [-0.4, -0.2) is 65.5 Å². The number of nitrogens with zero attached hydrogens (tertiary/aromatic N) is 2. The molecule has 1 aliphatic carbocycles. The molecule has 2 aliphatic rings. The zero-order valence-electron chi connectivity index (χ0n) is 17.7. The van der Waals surface area contributed by atoms with Gasteiger partial charge in [-0.05, 0) is 56.5 Å². The zero-order chi connectivity index (χ0) is 22.6. The van der Waals surface area contributed by atoms with Gasteiger partial charge >= 0.3 is 12.1 Å². The summed E-state index contributed by atoms with van der Waals surface area (Å²) in [6.45, 7) is 1.56. The van der Waals surface area contributed by atoms with Crippen molar-refractivity contribution in [3.05, 3.63) is 29.3 Å². The lowest BCUT2D eigenvalue weighted by molar-refractivity contribution is -0.137. The Morgan fingerprint density at radius 2 is 1.84 bits per heavy atom. The van der Waals surface area contributed by atoms with Crippen molar-refractivity contribution in [1.29, 1.82) is 0 Å². The van der Waals surface area contributed by atoms with Crippen molar-refractivity contribution < 1.29 is 27.9 Å². The van der Waals surface area contributed by atoms with Gasteiger partial charge in [0.05, 0.1) is 12.0 Å². The molecule has 1 aliphatic heterocycles. The normalized spacial score (nSPS) is 22.3. The number of likely N-dealkylation sites (N-methyl/N-ethyl adjacent to an activating group) is 1.